The molecule has 0 fully saturated rings. The molecule has 0 bridgehead atoms. The van der Waals surface area contributed by atoms with Gasteiger partial charge in [-0.05, 0) is 35.9 Å². The van der Waals surface area contributed by atoms with Gasteiger partial charge in [0.1, 0.15) is 11.3 Å². The predicted molar refractivity (Wildman–Crippen MR) is 80.3 cm³/mol. The average molecular weight is 302 g/mol. The molecule has 0 spiro atoms. The fraction of sp³-hybridized carbons (Fsp3) is 0.111. The highest BCUT2D eigenvalue weighted by Crippen LogP contribution is 2.27. The summed E-state index contributed by atoms with van der Waals surface area (Å²) in [6, 6.07) is 14.8. The Morgan fingerprint density at radius 1 is 1.00 bits per heavy atom. The van der Waals surface area contributed by atoms with Gasteiger partial charge in [-0.3, -0.25) is 0 Å². The van der Waals surface area contributed by atoms with Gasteiger partial charge in [-0.1, -0.05) is 42.2 Å². The van der Waals surface area contributed by atoms with E-state index in [0.717, 1.165) is 6.08 Å². The third-order valence-electron chi connectivity index (χ3n) is 2.85. The van der Waals surface area contributed by atoms with Crippen LogP contribution < -0.4 is 4.74 Å². The molecule has 0 aliphatic heterocycles. The van der Waals surface area contributed by atoms with Crippen LogP contribution in [0.3, 0.4) is 0 Å². The Labute approximate surface area is 127 Å². The van der Waals surface area contributed by atoms with E-state index >= 15 is 0 Å². The third kappa shape index (κ3) is 4.42. The second-order valence-corrected chi connectivity index (χ2v) is 4.44. The highest BCUT2D eigenvalue weighted by Gasteiger charge is 2.32. The normalized spacial score (nSPS) is 11.5. The summed E-state index contributed by atoms with van der Waals surface area (Å²) in [5.41, 5.74) is 0.0670. The SMILES string of the molecule is COc1ccc(C#CC(=Cc2ccccc2)C(F)(F)F)cc1. The Bertz CT molecular complexity index is 702. The minimum absolute atomic E-state index is 0.457. The van der Waals surface area contributed by atoms with Crippen molar-refractivity contribution < 1.29 is 17.9 Å². The van der Waals surface area contributed by atoms with E-state index in [9.17, 15) is 13.2 Å². The summed E-state index contributed by atoms with van der Waals surface area (Å²) in [6.45, 7) is 0. The summed E-state index contributed by atoms with van der Waals surface area (Å²) in [5, 5.41) is 0. The molecule has 0 aliphatic carbocycles. The molecule has 2 aromatic rings. The maximum Gasteiger partial charge on any atom is 0.424 e. The van der Waals surface area contributed by atoms with Gasteiger partial charge in [-0.25, -0.2) is 0 Å². The maximum absolute atomic E-state index is 13.0. The van der Waals surface area contributed by atoms with E-state index in [1.807, 2.05) is 0 Å². The lowest BCUT2D eigenvalue weighted by Crippen LogP contribution is -2.10. The van der Waals surface area contributed by atoms with Gasteiger partial charge in [-0.15, -0.1) is 0 Å². The van der Waals surface area contributed by atoms with Gasteiger partial charge >= 0.3 is 6.18 Å². The second kappa shape index (κ2) is 6.86. The van der Waals surface area contributed by atoms with Gasteiger partial charge in [0.2, 0.25) is 0 Å². The number of halogens is 3. The van der Waals surface area contributed by atoms with Crippen LogP contribution in [0.2, 0.25) is 0 Å². The summed E-state index contributed by atoms with van der Waals surface area (Å²) < 4.78 is 44.1. The van der Waals surface area contributed by atoms with Crippen molar-refractivity contribution in [1.29, 1.82) is 0 Å². The zero-order valence-corrected chi connectivity index (χ0v) is 11.8. The zero-order valence-electron chi connectivity index (χ0n) is 11.8. The van der Waals surface area contributed by atoms with Gasteiger partial charge in [-0.2, -0.15) is 13.2 Å². The Hall–Kier alpha value is -2.67. The van der Waals surface area contributed by atoms with E-state index in [4.69, 9.17) is 4.74 Å². The van der Waals surface area contributed by atoms with Crippen molar-refractivity contribution in [2.24, 2.45) is 0 Å². The summed E-state index contributed by atoms with van der Waals surface area (Å²) >= 11 is 0. The lowest BCUT2D eigenvalue weighted by molar-refractivity contribution is -0.0863. The molecule has 0 atom stereocenters. The largest absolute Gasteiger partial charge is 0.497 e. The van der Waals surface area contributed by atoms with Crippen molar-refractivity contribution in [3.05, 3.63) is 71.3 Å². The molecule has 1 nitrogen and oxygen atoms in total. The zero-order chi connectivity index (χ0) is 16.0. The van der Waals surface area contributed by atoms with Gasteiger partial charge in [0.15, 0.2) is 0 Å². The average Bonchev–Trinajstić information content (AvgIpc) is 2.52. The smallest absolute Gasteiger partial charge is 0.424 e. The molecule has 0 saturated heterocycles. The van der Waals surface area contributed by atoms with Crippen LogP contribution in [0.25, 0.3) is 6.08 Å². The summed E-state index contributed by atoms with van der Waals surface area (Å²) in [5.74, 6) is 5.36. The molecule has 0 amide bonds. The molecule has 112 valence electrons. The quantitative estimate of drug-likeness (QED) is 0.731. The molecular formula is C18H13F3O. The predicted octanol–water partition coefficient (Wildman–Crippen LogP) is 4.69. The topological polar surface area (TPSA) is 9.23 Å². The van der Waals surface area contributed by atoms with Crippen molar-refractivity contribution in [2.75, 3.05) is 7.11 Å². The summed E-state index contributed by atoms with van der Waals surface area (Å²) in [7, 11) is 1.52. The van der Waals surface area contributed by atoms with Crippen molar-refractivity contribution in [3.63, 3.8) is 0 Å². The van der Waals surface area contributed by atoms with Crippen LogP contribution in [-0.2, 0) is 0 Å². The molecule has 2 rings (SSSR count). The lowest BCUT2D eigenvalue weighted by Gasteiger charge is -2.05. The van der Waals surface area contributed by atoms with Gasteiger partial charge in [0, 0.05) is 5.56 Å². The molecule has 22 heavy (non-hydrogen) atoms. The number of benzene rings is 2. The standard InChI is InChI=1S/C18H13F3O/c1-22-17-11-8-14(9-12-17)7-10-16(18(19,20)21)13-15-5-3-2-4-6-15/h2-6,8-9,11-13H,1H3. The fourth-order valence-corrected chi connectivity index (χ4v) is 1.72. The summed E-state index contributed by atoms with van der Waals surface area (Å²) in [4.78, 5) is 0. The van der Waals surface area contributed by atoms with E-state index in [1.54, 1.807) is 54.6 Å². The highest BCUT2D eigenvalue weighted by molar-refractivity contribution is 5.61. The molecule has 0 saturated carbocycles. The summed E-state index contributed by atoms with van der Waals surface area (Å²) in [6.07, 6.45) is -3.45. The van der Waals surface area contributed by atoms with Crippen LogP contribution in [-0.4, -0.2) is 13.3 Å². The number of rotatable bonds is 2. The Morgan fingerprint density at radius 2 is 1.64 bits per heavy atom. The molecule has 2 aromatic carbocycles. The van der Waals surface area contributed by atoms with Crippen LogP contribution >= 0.6 is 0 Å². The van der Waals surface area contributed by atoms with Crippen LogP contribution in [0.1, 0.15) is 11.1 Å². The highest BCUT2D eigenvalue weighted by atomic mass is 19.4. The number of alkyl halides is 3. The van der Waals surface area contributed by atoms with Gasteiger partial charge in [0.25, 0.3) is 0 Å². The lowest BCUT2D eigenvalue weighted by atomic mass is 10.1. The molecule has 4 heteroatoms. The Morgan fingerprint density at radius 3 is 2.18 bits per heavy atom. The molecule has 0 unspecified atom stereocenters. The van der Waals surface area contributed by atoms with E-state index in [0.29, 0.717) is 16.9 Å². The van der Waals surface area contributed by atoms with Crippen molar-refractivity contribution >= 4 is 6.08 Å². The minimum atomic E-state index is -4.49. The maximum atomic E-state index is 13.0. The second-order valence-electron chi connectivity index (χ2n) is 4.44. The van der Waals surface area contributed by atoms with Crippen molar-refractivity contribution in [2.45, 2.75) is 6.18 Å². The van der Waals surface area contributed by atoms with Crippen LogP contribution in [0, 0.1) is 11.8 Å². The number of hydrogen-bond donors (Lipinski definition) is 0. The van der Waals surface area contributed by atoms with E-state index in [1.165, 1.54) is 7.11 Å². The molecular weight excluding hydrogens is 289 g/mol. The van der Waals surface area contributed by atoms with E-state index in [2.05, 4.69) is 11.8 Å². The Balaban J connectivity index is 2.32. The van der Waals surface area contributed by atoms with E-state index in [-0.39, 0.29) is 0 Å². The van der Waals surface area contributed by atoms with Crippen molar-refractivity contribution in [3.8, 4) is 17.6 Å². The molecule has 0 aliphatic rings. The fourth-order valence-electron chi connectivity index (χ4n) is 1.72. The van der Waals surface area contributed by atoms with Crippen LogP contribution in [0.15, 0.2) is 60.2 Å². The minimum Gasteiger partial charge on any atom is -0.497 e. The number of hydrogen-bond acceptors (Lipinski definition) is 1. The van der Waals surface area contributed by atoms with E-state index < -0.39 is 11.7 Å². The first-order valence-corrected chi connectivity index (χ1v) is 6.49. The number of ether oxygens (including phenoxy) is 1. The first kappa shape index (κ1) is 15.7. The van der Waals surface area contributed by atoms with Crippen LogP contribution in [0.4, 0.5) is 13.2 Å². The number of methoxy groups -OCH3 is 1. The monoisotopic (exact) mass is 302 g/mol. The molecule has 0 aromatic heterocycles. The van der Waals surface area contributed by atoms with Crippen LogP contribution in [0.5, 0.6) is 5.75 Å². The molecule has 0 radical (unpaired) electrons. The molecule has 0 N–H and O–H groups in total. The Kier molecular flexibility index (Phi) is 4.90. The van der Waals surface area contributed by atoms with Crippen molar-refractivity contribution in [1.82, 2.24) is 0 Å². The first-order chi connectivity index (χ1) is 10.5. The number of allylic oxidation sites excluding steroid dienone is 1. The third-order valence-corrected chi connectivity index (χ3v) is 2.85. The first-order valence-electron chi connectivity index (χ1n) is 6.49. The molecule has 0 heterocycles. The van der Waals surface area contributed by atoms with Gasteiger partial charge in [0.05, 0.1) is 7.11 Å². The van der Waals surface area contributed by atoms with Gasteiger partial charge < -0.3 is 4.74 Å².